The van der Waals surface area contributed by atoms with Crippen molar-refractivity contribution in [2.75, 3.05) is 30.8 Å². The smallest absolute Gasteiger partial charge is 0.322 e. The largest absolute Gasteiger partial charge is 0.335 e. The molecule has 11 heteroatoms. The Morgan fingerprint density at radius 2 is 1.69 bits per heavy atom. The summed E-state index contributed by atoms with van der Waals surface area (Å²) in [6, 6.07) is 9.21. The molecule has 0 unspecified atom stereocenters. The summed E-state index contributed by atoms with van der Waals surface area (Å²) in [4.78, 5) is 14.2. The number of carbonyl (C=O) groups excluding carboxylic acids is 1. The fourth-order valence-electron chi connectivity index (χ4n) is 4.09. The van der Waals surface area contributed by atoms with Gasteiger partial charge >= 0.3 is 6.03 Å². The normalized spacial score (nSPS) is 17.9. The first kappa shape index (κ1) is 22.7. The number of hydrogen-bond donors (Lipinski definition) is 1. The van der Waals surface area contributed by atoms with Crippen molar-refractivity contribution in [3.05, 3.63) is 53.8 Å². The van der Waals surface area contributed by atoms with Crippen LogP contribution in [-0.2, 0) is 26.3 Å². The van der Waals surface area contributed by atoms with Crippen molar-refractivity contribution in [3.8, 4) is 0 Å². The van der Waals surface area contributed by atoms with Gasteiger partial charge in [-0.1, -0.05) is 6.07 Å². The minimum atomic E-state index is -3.85. The van der Waals surface area contributed by atoms with E-state index in [1.165, 1.54) is 40.7 Å². The van der Waals surface area contributed by atoms with Crippen LogP contribution in [0.15, 0.2) is 52.3 Å². The number of anilines is 1. The summed E-state index contributed by atoms with van der Waals surface area (Å²) < 4.78 is 64.2. The zero-order chi connectivity index (χ0) is 23.1. The van der Waals surface area contributed by atoms with E-state index in [1.54, 1.807) is 11.0 Å². The molecule has 2 amide bonds. The van der Waals surface area contributed by atoms with E-state index < -0.39 is 19.9 Å². The third-order valence-corrected chi connectivity index (χ3v) is 8.84. The number of rotatable bonds is 4. The van der Waals surface area contributed by atoms with Crippen LogP contribution in [0.4, 0.5) is 14.9 Å². The Bertz CT molecular complexity index is 1260. The van der Waals surface area contributed by atoms with Gasteiger partial charge in [0.25, 0.3) is 0 Å². The van der Waals surface area contributed by atoms with Gasteiger partial charge in [0.05, 0.1) is 9.79 Å². The summed E-state index contributed by atoms with van der Waals surface area (Å²) in [6.07, 6.45) is 2.48. The predicted octanol–water partition coefficient (Wildman–Crippen LogP) is 2.15. The summed E-state index contributed by atoms with van der Waals surface area (Å²) in [5.41, 5.74) is 1.48. The molecule has 0 spiro atoms. The molecule has 4 rings (SSSR count). The molecule has 2 aliphatic heterocycles. The zero-order valence-corrected chi connectivity index (χ0v) is 19.1. The van der Waals surface area contributed by atoms with Gasteiger partial charge in [-0.25, -0.2) is 26.0 Å². The Labute approximate surface area is 187 Å². The average molecular weight is 482 g/mol. The zero-order valence-electron chi connectivity index (χ0n) is 17.5. The van der Waals surface area contributed by atoms with Gasteiger partial charge < -0.3 is 5.32 Å². The SMILES string of the molecule is CS(=O)(=O)c1cccc(S(=O)(=O)N2CCC(NC(=O)N3CCc4cc(F)ccc43)CC2)c1. The average Bonchev–Trinajstić information content (AvgIpc) is 3.17. The van der Waals surface area contributed by atoms with Crippen molar-refractivity contribution < 1.29 is 26.0 Å². The van der Waals surface area contributed by atoms with Crippen LogP contribution in [0.1, 0.15) is 18.4 Å². The quantitative estimate of drug-likeness (QED) is 0.721. The van der Waals surface area contributed by atoms with Crippen LogP contribution in [0.25, 0.3) is 0 Å². The van der Waals surface area contributed by atoms with E-state index in [1.807, 2.05) is 0 Å². The lowest BCUT2D eigenvalue weighted by molar-refractivity contribution is 0.233. The Hall–Kier alpha value is -2.50. The van der Waals surface area contributed by atoms with Crippen LogP contribution in [0.5, 0.6) is 0 Å². The highest BCUT2D eigenvalue weighted by atomic mass is 32.2. The second-order valence-corrected chi connectivity index (χ2v) is 12.0. The van der Waals surface area contributed by atoms with Gasteiger partial charge in [0, 0.05) is 37.6 Å². The molecule has 2 aromatic rings. The number of halogens is 1. The summed E-state index contributed by atoms with van der Waals surface area (Å²) >= 11 is 0. The minimum absolute atomic E-state index is 0.0495. The fourth-order valence-corrected chi connectivity index (χ4v) is 6.35. The third-order valence-electron chi connectivity index (χ3n) is 5.84. The summed E-state index contributed by atoms with van der Waals surface area (Å²) in [5.74, 6) is -0.332. The highest BCUT2D eigenvalue weighted by Gasteiger charge is 2.32. The number of fused-ring (bicyclic) bond motifs is 1. The Balaban J connectivity index is 1.39. The lowest BCUT2D eigenvalue weighted by Crippen LogP contribution is -2.50. The molecule has 0 bridgehead atoms. The van der Waals surface area contributed by atoms with Crippen molar-refractivity contribution >= 4 is 31.6 Å². The van der Waals surface area contributed by atoms with Crippen LogP contribution >= 0.6 is 0 Å². The number of nitrogens with one attached hydrogen (secondary N) is 1. The van der Waals surface area contributed by atoms with Crippen molar-refractivity contribution in [3.63, 3.8) is 0 Å². The Kier molecular flexibility index (Phi) is 5.99. The number of sulfonamides is 1. The second-order valence-electron chi connectivity index (χ2n) is 8.05. The highest BCUT2D eigenvalue weighted by molar-refractivity contribution is 7.91. The molecule has 8 nitrogen and oxygen atoms in total. The number of nitrogens with zero attached hydrogens (tertiary/aromatic N) is 2. The van der Waals surface area contributed by atoms with Crippen LogP contribution in [-0.4, -0.2) is 59.1 Å². The van der Waals surface area contributed by atoms with Gasteiger partial charge in [-0.05, 0) is 61.2 Å². The van der Waals surface area contributed by atoms with Crippen molar-refractivity contribution in [1.82, 2.24) is 9.62 Å². The molecule has 32 heavy (non-hydrogen) atoms. The highest BCUT2D eigenvalue weighted by Crippen LogP contribution is 2.29. The minimum Gasteiger partial charge on any atom is -0.335 e. The maximum Gasteiger partial charge on any atom is 0.322 e. The molecule has 0 aromatic heterocycles. The van der Waals surface area contributed by atoms with Gasteiger partial charge in [0.2, 0.25) is 10.0 Å². The Morgan fingerprint density at radius 1 is 1.00 bits per heavy atom. The standard InChI is InChI=1S/C21H24FN3O5S2/c1-31(27,28)18-3-2-4-19(14-18)32(29,30)24-10-8-17(9-11-24)23-21(26)25-12-7-15-13-16(22)5-6-20(15)25/h2-6,13-14,17H,7-12H2,1H3,(H,23,26). The molecule has 0 aliphatic carbocycles. The summed E-state index contributed by atoms with van der Waals surface area (Å²) in [7, 11) is -7.37. The van der Waals surface area contributed by atoms with Gasteiger partial charge in [-0.3, -0.25) is 4.90 Å². The van der Waals surface area contributed by atoms with E-state index in [4.69, 9.17) is 0 Å². The molecule has 2 heterocycles. The molecular weight excluding hydrogens is 457 g/mol. The molecule has 2 aromatic carbocycles. The van der Waals surface area contributed by atoms with Gasteiger partial charge in [-0.15, -0.1) is 0 Å². The number of hydrogen-bond acceptors (Lipinski definition) is 5. The van der Waals surface area contributed by atoms with Crippen molar-refractivity contribution in [2.45, 2.75) is 35.1 Å². The molecule has 172 valence electrons. The Morgan fingerprint density at radius 3 is 2.38 bits per heavy atom. The van der Waals surface area contributed by atoms with E-state index in [-0.39, 0.29) is 40.8 Å². The monoisotopic (exact) mass is 481 g/mol. The number of benzene rings is 2. The van der Waals surface area contributed by atoms with Gasteiger partial charge in [-0.2, -0.15) is 4.31 Å². The maximum absolute atomic E-state index is 13.4. The topological polar surface area (TPSA) is 104 Å². The predicted molar refractivity (Wildman–Crippen MR) is 117 cm³/mol. The first-order valence-electron chi connectivity index (χ1n) is 10.2. The van der Waals surface area contributed by atoms with E-state index >= 15 is 0 Å². The van der Waals surface area contributed by atoms with Crippen molar-refractivity contribution in [2.24, 2.45) is 0 Å². The number of urea groups is 1. The number of amides is 2. The molecule has 1 N–H and O–H groups in total. The molecule has 0 radical (unpaired) electrons. The van der Waals surface area contributed by atoms with Crippen LogP contribution in [0.3, 0.4) is 0 Å². The van der Waals surface area contributed by atoms with Crippen molar-refractivity contribution in [1.29, 1.82) is 0 Å². The molecule has 1 fully saturated rings. The number of sulfone groups is 1. The molecular formula is C21H24FN3O5S2. The van der Waals surface area contributed by atoms with E-state index in [0.29, 0.717) is 31.5 Å². The number of carbonyl (C=O) groups is 1. The summed E-state index contributed by atoms with van der Waals surface area (Å²) in [6.45, 7) is 0.880. The fraction of sp³-hybridized carbons (Fsp3) is 0.381. The molecule has 1 saturated heterocycles. The lowest BCUT2D eigenvalue weighted by Gasteiger charge is -2.32. The first-order valence-corrected chi connectivity index (χ1v) is 13.6. The van der Waals surface area contributed by atoms with E-state index in [2.05, 4.69) is 5.32 Å². The summed E-state index contributed by atoms with van der Waals surface area (Å²) in [5, 5.41) is 2.95. The molecule has 0 saturated carbocycles. The molecule has 0 atom stereocenters. The van der Waals surface area contributed by atoms with Crippen LogP contribution in [0, 0.1) is 5.82 Å². The maximum atomic E-state index is 13.4. The first-order chi connectivity index (χ1) is 15.1. The molecule has 2 aliphatic rings. The van der Waals surface area contributed by atoms with Crippen LogP contribution < -0.4 is 10.2 Å². The van der Waals surface area contributed by atoms with Crippen LogP contribution in [0.2, 0.25) is 0 Å². The van der Waals surface area contributed by atoms with E-state index in [9.17, 15) is 26.0 Å². The van der Waals surface area contributed by atoms with Gasteiger partial charge in [0.15, 0.2) is 9.84 Å². The number of piperidine rings is 1. The second kappa shape index (κ2) is 8.45. The lowest BCUT2D eigenvalue weighted by atomic mass is 10.1. The van der Waals surface area contributed by atoms with Gasteiger partial charge in [0.1, 0.15) is 5.82 Å². The van der Waals surface area contributed by atoms with E-state index in [0.717, 1.165) is 11.8 Å². The third kappa shape index (κ3) is 4.50.